The SMILES string of the molecule is CCCOC(=O)[C@H](C)NP(=O)(OC[C@H]1O[C@@H](n2cnc3c(OCCC)nc(N)nc32)[C@](C)(F)[C@@H]1O)Oc1ccccc1. The molecule has 14 nitrogen and oxygen atoms in total. The van der Waals surface area contributed by atoms with Gasteiger partial charge < -0.3 is 29.6 Å². The summed E-state index contributed by atoms with van der Waals surface area (Å²) in [5.41, 5.74) is 3.86. The maximum Gasteiger partial charge on any atom is 0.459 e. The van der Waals surface area contributed by atoms with Crippen LogP contribution in [0.15, 0.2) is 36.7 Å². The average Bonchev–Trinajstić information content (AvgIpc) is 3.47. The second-order valence-electron chi connectivity index (χ2n) is 9.90. The number of nitrogen functional groups attached to an aromatic ring is 1. The molecule has 1 aliphatic rings. The number of aliphatic hydroxyl groups excluding tert-OH is 1. The third-order valence-corrected chi connectivity index (χ3v) is 7.99. The predicted molar refractivity (Wildman–Crippen MR) is 149 cm³/mol. The normalized spacial score (nSPS) is 24.3. The second kappa shape index (κ2) is 13.3. The Morgan fingerprint density at radius 2 is 1.98 bits per heavy atom. The lowest BCUT2D eigenvalue weighted by molar-refractivity contribution is -0.145. The van der Waals surface area contributed by atoms with Crippen molar-refractivity contribution in [2.75, 3.05) is 25.6 Å². The standard InChI is InChI=1S/C26H36FN6O8P/c1-5-12-37-22-19-21(30-25(28)31-22)33(15-29-19)24-26(4,27)20(34)18(40-24)14-39-42(36,41-17-10-8-7-9-11-17)32-16(3)23(35)38-13-6-2/h7-11,15-16,18,20,24,34H,5-6,12-14H2,1-4H3,(H,32,36)(H2,28,30,31)/t16-,18+,20+,24+,26+,42?/m0/s1. The highest BCUT2D eigenvalue weighted by Gasteiger charge is 2.56. The zero-order valence-electron chi connectivity index (χ0n) is 23.8. The topological polar surface area (TPSA) is 182 Å². The zero-order chi connectivity index (χ0) is 30.5. The Hall–Kier alpha value is -3.36. The molecule has 1 aromatic carbocycles. The van der Waals surface area contributed by atoms with Crippen LogP contribution in [-0.4, -0.2) is 74.3 Å². The van der Waals surface area contributed by atoms with Crippen LogP contribution in [0.2, 0.25) is 0 Å². The molecule has 4 rings (SSSR count). The Morgan fingerprint density at radius 3 is 2.67 bits per heavy atom. The first-order valence-corrected chi connectivity index (χ1v) is 15.1. The fourth-order valence-electron chi connectivity index (χ4n) is 4.23. The van der Waals surface area contributed by atoms with Crippen molar-refractivity contribution in [2.24, 2.45) is 0 Å². The third kappa shape index (κ3) is 6.98. The van der Waals surface area contributed by atoms with Gasteiger partial charge >= 0.3 is 13.7 Å². The summed E-state index contributed by atoms with van der Waals surface area (Å²) in [5.74, 6) is -0.465. The van der Waals surface area contributed by atoms with Crippen molar-refractivity contribution in [3.8, 4) is 11.6 Å². The third-order valence-electron chi connectivity index (χ3n) is 6.35. The fourth-order valence-corrected chi connectivity index (χ4v) is 5.73. The number of aliphatic hydroxyl groups is 1. The largest absolute Gasteiger partial charge is 0.476 e. The van der Waals surface area contributed by atoms with E-state index in [9.17, 15) is 14.5 Å². The van der Waals surface area contributed by atoms with Crippen molar-refractivity contribution >= 4 is 30.8 Å². The lowest BCUT2D eigenvalue weighted by Crippen LogP contribution is -2.41. The number of alkyl halides is 1. The van der Waals surface area contributed by atoms with Gasteiger partial charge in [-0.1, -0.05) is 32.0 Å². The number of halogens is 1. The van der Waals surface area contributed by atoms with Gasteiger partial charge in [-0.25, -0.2) is 13.9 Å². The van der Waals surface area contributed by atoms with Crippen molar-refractivity contribution in [1.29, 1.82) is 0 Å². The van der Waals surface area contributed by atoms with E-state index in [1.165, 1.54) is 17.8 Å². The fraction of sp³-hybridized carbons (Fsp3) is 0.538. The maximum absolute atomic E-state index is 16.1. The molecule has 1 saturated heterocycles. The summed E-state index contributed by atoms with van der Waals surface area (Å²) in [7, 11) is -4.28. The molecule has 6 atom stereocenters. The molecule has 16 heteroatoms. The number of hydrogen-bond donors (Lipinski definition) is 3. The Balaban J connectivity index is 1.55. The van der Waals surface area contributed by atoms with Gasteiger partial charge in [0.1, 0.15) is 24.0 Å². The van der Waals surface area contributed by atoms with Crippen LogP contribution in [0.1, 0.15) is 46.8 Å². The molecule has 3 heterocycles. The Bertz CT molecular complexity index is 1410. The molecular weight excluding hydrogens is 574 g/mol. The number of ether oxygens (including phenoxy) is 3. The van der Waals surface area contributed by atoms with Gasteiger partial charge in [-0.05, 0) is 38.8 Å². The molecule has 230 valence electrons. The highest BCUT2D eigenvalue weighted by molar-refractivity contribution is 7.52. The van der Waals surface area contributed by atoms with Crippen molar-refractivity contribution in [2.45, 2.75) is 70.7 Å². The summed E-state index contributed by atoms with van der Waals surface area (Å²) in [6.07, 6.45) is -1.87. The highest BCUT2D eigenvalue weighted by atomic mass is 31.2. The molecule has 0 radical (unpaired) electrons. The number of benzene rings is 1. The Kier molecular flexibility index (Phi) is 10.00. The number of nitrogens with zero attached hydrogens (tertiary/aromatic N) is 4. The lowest BCUT2D eigenvalue weighted by atomic mass is 9.98. The number of carbonyl (C=O) groups excluding carboxylic acids is 1. The molecule has 1 unspecified atom stereocenters. The number of nitrogens with two attached hydrogens (primary N) is 1. The number of nitrogens with one attached hydrogen (secondary N) is 1. The van der Waals surface area contributed by atoms with Crippen molar-refractivity contribution in [3.63, 3.8) is 0 Å². The second-order valence-corrected chi connectivity index (χ2v) is 11.6. The molecule has 0 bridgehead atoms. The van der Waals surface area contributed by atoms with Gasteiger partial charge in [0, 0.05) is 0 Å². The molecule has 3 aromatic rings. The molecular formula is C26H36FN6O8P. The quantitative estimate of drug-likeness (QED) is 0.179. The molecule has 42 heavy (non-hydrogen) atoms. The first kappa shape index (κ1) is 31.6. The number of imidazole rings is 1. The number of fused-ring (bicyclic) bond motifs is 1. The van der Waals surface area contributed by atoms with Gasteiger partial charge in [-0.2, -0.15) is 15.1 Å². The molecule has 2 aromatic heterocycles. The van der Waals surface area contributed by atoms with Crippen molar-refractivity contribution in [1.82, 2.24) is 24.6 Å². The number of aromatic nitrogens is 4. The van der Waals surface area contributed by atoms with Crippen LogP contribution in [0.4, 0.5) is 10.3 Å². The average molecular weight is 611 g/mol. The summed E-state index contributed by atoms with van der Waals surface area (Å²) < 4.78 is 59.0. The maximum atomic E-state index is 16.1. The minimum atomic E-state index is -4.28. The van der Waals surface area contributed by atoms with Gasteiger partial charge in [0.2, 0.25) is 11.8 Å². The lowest BCUT2D eigenvalue weighted by Gasteiger charge is -2.25. The van der Waals surface area contributed by atoms with Crippen LogP contribution < -0.4 is 20.1 Å². The monoisotopic (exact) mass is 610 g/mol. The number of hydrogen-bond acceptors (Lipinski definition) is 12. The predicted octanol–water partition coefficient (Wildman–Crippen LogP) is 3.32. The van der Waals surface area contributed by atoms with Crippen LogP contribution in [0.5, 0.6) is 11.6 Å². The highest BCUT2D eigenvalue weighted by Crippen LogP contribution is 2.48. The summed E-state index contributed by atoms with van der Waals surface area (Å²) in [4.78, 5) is 24.8. The van der Waals surface area contributed by atoms with E-state index < -0.39 is 50.5 Å². The summed E-state index contributed by atoms with van der Waals surface area (Å²) in [6, 6.07) is 7.07. The van der Waals surface area contributed by atoms with Crippen molar-refractivity contribution < 1.29 is 42.1 Å². The van der Waals surface area contributed by atoms with Crippen molar-refractivity contribution in [3.05, 3.63) is 36.7 Å². The van der Waals surface area contributed by atoms with E-state index in [2.05, 4.69) is 20.0 Å². The van der Waals surface area contributed by atoms with E-state index in [0.29, 0.717) is 19.4 Å². The molecule has 1 fully saturated rings. The minimum Gasteiger partial charge on any atom is -0.476 e. The van der Waals surface area contributed by atoms with Gasteiger partial charge in [-0.15, -0.1) is 0 Å². The Labute approximate surface area is 242 Å². The van der Waals surface area contributed by atoms with E-state index in [1.54, 1.807) is 30.3 Å². The molecule has 0 aliphatic carbocycles. The first-order valence-electron chi connectivity index (χ1n) is 13.6. The van der Waals surface area contributed by atoms with Gasteiger partial charge in [0.25, 0.3) is 0 Å². The zero-order valence-corrected chi connectivity index (χ0v) is 24.7. The Morgan fingerprint density at radius 1 is 1.26 bits per heavy atom. The van der Waals surface area contributed by atoms with E-state index in [1.807, 2.05) is 13.8 Å². The summed E-state index contributed by atoms with van der Waals surface area (Å²) in [6.45, 7) is 6.31. The van der Waals surface area contributed by atoms with Crippen LogP contribution >= 0.6 is 7.75 Å². The molecule has 4 N–H and O–H groups in total. The minimum absolute atomic E-state index is 0.119. The van der Waals surface area contributed by atoms with Gasteiger partial charge in [-0.3, -0.25) is 13.9 Å². The van der Waals surface area contributed by atoms with Gasteiger partial charge in [0.15, 0.2) is 23.1 Å². The summed E-state index contributed by atoms with van der Waals surface area (Å²) >= 11 is 0. The van der Waals surface area contributed by atoms with E-state index >= 15 is 4.39 Å². The van der Waals surface area contributed by atoms with Crippen LogP contribution in [0, 0.1) is 0 Å². The smallest absolute Gasteiger partial charge is 0.459 e. The molecule has 0 saturated carbocycles. The first-order chi connectivity index (χ1) is 20.0. The van der Waals surface area contributed by atoms with E-state index in [-0.39, 0.29) is 35.3 Å². The number of rotatable bonds is 14. The molecule has 1 aliphatic heterocycles. The summed E-state index contributed by atoms with van der Waals surface area (Å²) in [5, 5.41) is 13.5. The van der Waals surface area contributed by atoms with E-state index in [0.717, 1.165) is 6.92 Å². The van der Waals surface area contributed by atoms with Crippen LogP contribution in [0.3, 0.4) is 0 Å². The number of para-hydroxylation sites is 1. The van der Waals surface area contributed by atoms with Gasteiger partial charge in [0.05, 0.1) is 26.1 Å². The number of esters is 1. The molecule has 0 amide bonds. The number of anilines is 1. The molecule has 0 spiro atoms. The number of carbonyl (C=O) groups is 1. The van der Waals surface area contributed by atoms with Crippen LogP contribution in [-0.2, 0) is 23.4 Å². The van der Waals surface area contributed by atoms with E-state index in [4.69, 9.17) is 29.0 Å². The van der Waals surface area contributed by atoms with Crippen LogP contribution in [0.25, 0.3) is 11.2 Å².